The second-order valence-corrected chi connectivity index (χ2v) is 6.48. The molecule has 0 bridgehead atoms. The molecule has 0 aliphatic carbocycles. The Hall–Kier alpha value is -3.07. The molecule has 0 atom stereocenters. The Kier molecular flexibility index (Phi) is 5.37. The summed E-state index contributed by atoms with van der Waals surface area (Å²) in [6.07, 6.45) is 2.99. The number of aromatic nitrogens is 3. The summed E-state index contributed by atoms with van der Waals surface area (Å²) < 4.78 is 6.77. The van der Waals surface area contributed by atoms with Crippen LogP contribution in [0.15, 0.2) is 52.5 Å². The number of hydrogen-bond donors (Lipinski definition) is 2. The number of thioether (sulfide) groups is 1. The predicted octanol–water partition coefficient (Wildman–Crippen LogP) is 2.03. The molecule has 0 spiro atoms. The number of carbonyl (C=O) groups is 2. The monoisotopic (exact) mass is 371 g/mol. The number of hydrazine groups is 1. The third-order valence-electron chi connectivity index (χ3n) is 3.52. The van der Waals surface area contributed by atoms with E-state index >= 15 is 0 Å². The fraction of sp³-hybridized carbons (Fsp3) is 0.176. The summed E-state index contributed by atoms with van der Waals surface area (Å²) in [5.74, 6) is -0.702. The average molecular weight is 371 g/mol. The van der Waals surface area contributed by atoms with Crippen molar-refractivity contribution >= 4 is 23.6 Å². The van der Waals surface area contributed by atoms with Gasteiger partial charge in [-0.3, -0.25) is 25.0 Å². The first-order valence-corrected chi connectivity index (χ1v) is 8.76. The molecule has 0 fully saturated rings. The van der Waals surface area contributed by atoms with Crippen molar-refractivity contribution in [3.63, 3.8) is 0 Å². The second kappa shape index (κ2) is 7.87. The minimum Gasteiger partial charge on any atom is -0.459 e. The Morgan fingerprint density at radius 3 is 2.81 bits per heavy atom. The van der Waals surface area contributed by atoms with E-state index in [2.05, 4.69) is 27.1 Å². The molecule has 2 aromatic heterocycles. The van der Waals surface area contributed by atoms with Crippen molar-refractivity contribution in [1.29, 1.82) is 0 Å². The maximum Gasteiger partial charge on any atom is 0.305 e. The summed E-state index contributed by atoms with van der Waals surface area (Å²) >= 11 is 1.22. The SMILES string of the molecule is Cc1ccc(-n2cnnc2SCC(=O)NNC(=O)c2ccco2)c(C)c1. The molecule has 0 saturated heterocycles. The van der Waals surface area contributed by atoms with E-state index in [4.69, 9.17) is 4.42 Å². The Morgan fingerprint density at radius 1 is 1.23 bits per heavy atom. The molecule has 3 rings (SSSR count). The Morgan fingerprint density at radius 2 is 2.08 bits per heavy atom. The van der Waals surface area contributed by atoms with Crippen molar-refractivity contribution in [3.05, 3.63) is 59.8 Å². The first-order valence-electron chi connectivity index (χ1n) is 7.78. The highest BCUT2D eigenvalue weighted by Gasteiger charge is 2.13. The second-order valence-electron chi connectivity index (χ2n) is 5.54. The van der Waals surface area contributed by atoms with Crippen LogP contribution >= 0.6 is 11.8 Å². The third-order valence-corrected chi connectivity index (χ3v) is 4.46. The van der Waals surface area contributed by atoms with Crippen LogP contribution in [0.5, 0.6) is 0 Å². The summed E-state index contributed by atoms with van der Waals surface area (Å²) in [6.45, 7) is 4.04. The standard InChI is InChI=1S/C17H17N5O3S/c1-11-5-6-13(12(2)8-11)22-10-18-21-17(22)26-9-15(23)19-20-16(24)14-4-3-7-25-14/h3-8,10H,9H2,1-2H3,(H,19,23)(H,20,24). The van der Waals surface area contributed by atoms with Crippen LogP contribution in [0.25, 0.3) is 5.69 Å². The highest BCUT2D eigenvalue weighted by Crippen LogP contribution is 2.22. The first kappa shape index (κ1) is 17.7. The van der Waals surface area contributed by atoms with Crippen molar-refractivity contribution in [2.24, 2.45) is 0 Å². The summed E-state index contributed by atoms with van der Waals surface area (Å²) in [6, 6.07) is 9.16. The number of furan rings is 1. The molecule has 0 aliphatic rings. The van der Waals surface area contributed by atoms with Crippen molar-refractivity contribution in [2.75, 3.05) is 5.75 Å². The van der Waals surface area contributed by atoms with Crippen LogP contribution < -0.4 is 10.9 Å². The topological polar surface area (TPSA) is 102 Å². The number of nitrogens with zero attached hydrogens (tertiary/aromatic N) is 3. The largest absolute Gasteiger partial charge is 0.459 e. The van der Waals surface area contributed by atoms with Crippen molar-refractivity contribution in [2.45, 2.75) is 19.0 Å². The molecular weight excluding hydrogens is 354 g/mol. The van der Waals surface area contributed by atoms with Gasteiger partial charge in [0.15, 0.2) is 10.9 Å². The van der Waals surface area contributed by atoms with Gasteiger partial charge in [0.1, 0.15) is 6.33 Å². The van der Waals surface area contributed by atoms with Crippen molar-refractivity contribution in [3.8, 4) is 5.69 Å². The van der Waals surface area contributed by atoms with Gasteiger partial charge < -0.3 is 4.42 Å². The summed E-state index contributed by atoms with van der Waals surface area (Å²) in [7, 11) is 0. The smallest absolute Gasteiger partial charge is 0.305 e. The van der Waals surface area contributed by atoms with Gasteiger partial charge in [-0.1, -0.05) is 29.5 Å². The predicted molar refractivity (Wildman–Crippen MR) is 95.9 cm³/mol. The Balaban J connectivity index is 1.58. The number of carbonyl (C=O) groups excluding carboxylic acids is 2. The van der Waals surface area contributed by atoms with E-state index in [0.29, 0.717) is 5.16 Å². The van der Waals surface area contributed by atoms with Crippen LogP contribution in [0, 0.1) is 13.8 Å². The van der Waals surface area contributed by atoms with Gasteiger partial charge in [0.2, 0.25) is 5.91 Å². The van der Waals surface area contributed by atoms with E-state index in [-0.39, 0.29) is 17.4 Å². The van der Waals surface area contributed by atoms with E-state index < -0.39 is 5.91 Å². The maximum atomic E-state index is 11.9. The molecule has 1 aromatic carbocycles. The zero-order valence-electron chi connectivity index (χ0n) is 14.2. The zero-order chi connectivity index (χ0) is 18.5. The van der Waals surface area contributed by atoms with Crippen molar-refractivity contribution < 1.29 is 14.0 Å². The number of benzene rings is 1. The lowest BCUT2D eigenvalue weighted by Crippen LogP contribution is -2.42. The number of rotatable bonds is 5. The van der Waals surface area contributed by atoms with Gasteiger partial charge in [0.25, 0.3) is 0 Å². The minimum absolute atomic E-state index is 0.0715. The van der Waals surface area contributed by atoms with Gasteiger partial charge >= 0.3 is 5.91 Å². The lowest BCUT2D eigenvalue weighted by molar-refractivity contribution is -0.119. The Labute approximate surface area is 154 Å². The molecule has 8 nitrogen and oxygen atoms in total. The molecule has 9 heteroatoms. The van der Waals surface area contributed by atoms with Gasteiger partial charge in [0, 0.05) is 0 Å². The van der Waals surface area contributed by atoms with E-state index in [1.807, 2.05) is 30.5 Å². The number of amides is 2. The van der Waals surface area contributed by atoms with Crippen LogP contribution in [0.2, 0.25) is 0 Å². The molecule has 2 heterocycles. The molecule has 0 aliphatic heterocycles. The lowest BCUT2D eigenvalue weighted by Gasteiger charge is -2.10. The Bertz CT molecular complexity index is 920. The van der Waals surface area contributed by atoms with Crippen LogP contribution in [0.4, 0.5) is 0 Å². The van der Waals surface area contributed by atoms with Crippen LogP contribution in [0.3, 0.4) is 0 Å². The van der Waals surface area contributed by atoms with E-state index in [1.165, 1.54) is 29.7 Å². The van der Waals surface area contributed by atoms with Gasteiger partial charge in [-0.2, -0.15) is 0 Å². The molecule has 134 valence electrons. The summed E-state index contributed by atoms with van der Waals surface area (Å²) in [5, 5.41) is 8.57. The molecule has 0 unspecified atom stereocenters. The van der Waals surface area contributed by atoms with Crippen LogP contribution in [0.1, 0.15) is 21.7 Å². The summed E-state index contributed by atoms with van der Waals surface area (Å²) in [4.78, 5) is 23.6. The first-order chi connectivity index (χ1) is 12.5. The molecule has 0 saturated carbocycles. The van der Waals surface area contributed by atoms with Gasteiger partial charge in [-0.05, 0) is 37.6 Å². The van der Waals surface area contributed by atoms with E-state index in [0.717, 1.165) is 11.3 Å². The minimum atomic E-state index is -0.521. The molecule has 2 N–H and O–H groups in total. The van der Waals surface area contributed by atoms with Crippen LogP contribution in [-0.4, -0.2) is 32.3 Å². The number of aryl methyl sites for hydroxylation is 2. The van der Waals surface area contributed by atoms with Gasteiger partial charge in [-0.15, -0.1) is 10.2 Å². The molecular formula is C17H17N5O3S. The van der Waals surface area contributed by atoms with Gasteiger partial charge in [0.05, 0.1) is 17.7 Å². The quantitative estimate of drug-likeness (QED) is 0.526. The highest BCUT2D eigenvalue weighted by molar-refractivity contribution is 7.99. The average Bonchev–Trinajstić information content (AvgIpc) is 3.29. The summed E-state index contributed by atoms with van der Waals surface area (Å²) in [5.41, 5.74) is 7.83. The normalized spacial score (nSPS) is 10.5. The highest BCUT2D eigenvalue weighted by atomic mass is 32.2. The lowest BCUT2D eigenvalue weighted by atomic mass is 10.1. The molecule has 0 radical (unpaired) electrons. The van der Waals surface area contributed by atoms with E-state index in [1.54, 1.807) is 12.4 Å². The van der Waals surface area contributed by atoms with Crippen LogP contribution in [-0.2, 0) is 4.79 Å². The molecule has 2 amide bonds. The molecule has 3 aromatic rings. The molecule has 26 heavy (non-hydrogen) atoms. The fourth-order valence-corrected chi connectivity index (χ4v) is 3.05. The fourth-order valence-electron chi connectivity index (χ4n) is 2.33. The number of hydrogen-bond acceptors (Lipinski definition) is 6. The van der Waals surface area contributed by atoms with Crippen molar-refractivity contribution in [1.82, 2.24) is 25.6 Å². The number of nitrogens with one attached hydrogen (secondary N) is 2. The van der Waals surface area contributed by atoms with Gasteiger partial charge in [-0.25, -0.2) is 0 Å². The zero-order valence-corrected chi connectivity index (χ0v) is 15.0. The third kappa shape index (κ3) is 4.12. The van der Waals surface area contributed by atoms with E-state index in [9.17, 15) is 9.59 Å². The maximum absolute atomic E-state index is 11.9.